The first-order chi connectivity index (χ1) is 9.79. The average molecular weight is 296 g/mol. The minimum absolute atomic E-state index is 0.182. The normalized spacial score (nSPS) is 21.5. The minimum atomic E-state index is 0.182. The van der Waals surface area contributed by atoms with Gasteiger partial charge in [-0.2, -0.15) is 0 Å². The molecule has 2 unspecified atom stereocenters. The van der Waals surface area contributed by atoms with Crippen LogP contribution >= 0.6 is 0 Å². The summed E-state index contributed by atoms with van der Waals surface area (Å²) in [7, 11) is 0. The third kappa shape index (κ3) is 5.61. The molecule has 0 radical (unpaired) electrons. The number of carbonyl (C=O) groups excluding carboxylic acids is 1. The number of hydrogen-bond acceptors (Lipinski definition) is 2. The van der Waals surface area contributed by atoms with Crippen molar-refractivity contribution >= 4 is 5.91 Å². The lowest BCUT2D eigenvalue weighted by molar-refractivity contribution is -0.135. The van der Waals surface area contributed by atoms with Gasteiger partial charge in [0.25, 0.3) is 0 Å². The van der Waals surface area contributed by atoms with E-state index in [2.05, 4.69) is 51.3 Å². The van der Waals surface area contributed by atoms with Crippen molar-refractivity contribution in [3.8, 4) is 0 Å². The van der Waals surface area contributed by atoms with Gasteiger partial charge < -0.3 is 4.90 Å². The summed E-state index contributed by atoms with van der Waals surface area (Å²) in [6.45, 7) is 17.3. The number of likely N-dealkylation sites (tertiary alicyclic amines) is 1. The quantitative estimate of drug-likeness (QED) is 0.714. The van der Waals surface area contributed by atoms with Gasteiger partial charge in [-0.15, -0.1) is 0 Å². The maximum Gasteiger partial charge on any atom is 0.227 e. The minimum Gasteiger partial charge on any atom is -0.342 e. The van der Waals surface area contributed by atoms with Crippen molar-refractivity contribution < 1.29 is 4.79 Å². The molecule has 1 amide bonds. The maximum absolute atomic E-state index is 12.8. The van der Waals surface area contributed by atoms with Gasteiger partial charge in [-0.1, -0.05) is 27.2 Å². The Labute approximate surface area is 132 Å². The van der Waals surface area contributed by atoms with Crippen LogP contribution in [0.1, 0.15) is 67.2 Å². The molecule has 0 aromatic rings. The first-order valence-electron chi connectivity index (χ1n) is 8.83. The van der Waals surface area contributed by atoms with Crippen molar-refractivity contribution in [3.63, 3.8) is 0 Å². The molecule has 124 valence electrons. The largest absolute Gasteiger partial charge is 0.342 e. The number of rotatable bonds is 7. The lowest BCUT2D eigenvalue weighted by atomic mass is 10.0. The maximum atomic E-state index is 12.8. The number of nitrogens with zero attached hydrogens (tertiary/aromatic N) is 2. The third-order valence-electron chi connectivity index (χ3n) is 4.88. The highest BCUT2D eigenvalue weighted by molar-refractivity contribution is 5.79. The smallest absolute Gasteiger partial charge is 0.227 e. The number of carbonyl (C=O) groups is 1. The van der Waals surface area contributed by atoms with Gasteiger partial charge >= 0.3 is 0 Å². The van der Waals surface area contributed by atoms with Gasteiger partial charge in [0.05, 0.1) is 5.92 Å². The summed E-state index contributed by atoms with van der Waals surface area (Å²) < 4.78 is 0. The van der Waals surface area contributed by atoms with E-state index in [9.17, 15) is 4.79 Å². The van der Waals surface area contributed by atoms with E-state index < -0.39 is 0 Å². The van der Waals surface area contributed by atoms with Crippen molar-refractivity contribution in [2.75, 3.05) is 26.2 Å². The molecule has 0 aliphatic carbocycles. The van der Waals surface area contributed by atoms with E-state index >= 15 is 0 Å². The summed E-state index contributed by atoms with van der Waals surface area (Å²) in [4.78, 5) is 17.4. The average Bonchev–Trinajstić information content (AvgIpc) is 2.92. The molecule has 21 heavy (non-hydrogen) atoms. The van der Waals surface area contributed by atoms with Crippen molar-refractivity contribution in [1.82, 2.24) is 9.80 Å². The molecule has 0 N–H and O–H groups in total. The Morgan fingerprint density at radius 3 is 2.43 bits per heavy atom. The van der Waals surface area contributed by atoms with Gasteiger partial charge in [0, 0.05) is 25.2 Å². The monoisotopic (exact) mass is 296 g/mol. The summed E-state index contributed by atoms with van der Waals surface area (Å²) in [5, 5.41) is 0. The van der Waals surface area contributed by atoms with E-state index in [-0.39, 0.29) is 11.5 Å². The predicted molar refractivity (Wildman–Crippen MR) is 90.4 cm³/mol. The third-order valence-corrected chi connectivity index (χ3v) is 4.88. The van der Waals surface area contributed by atoms with Crippen molar-refractivity contribution in [2.24, 2.45) is 11.8 Å². The highest BCUT2D eigenvalue weighted by Gasteiger charge is 2.35. The fourth-order valence-electron chi connectivity index (χ4n) is 3.01. The van der Waals surface area contributed by atoms with Gasteiger partial charge in [0.15, 0.2) is 0 Å². The van der Waals surface area contributed by atoms with Gasteiger partial charge in [0.2, 0.25) is 5.91 Å². The zero-order valence-corrected chi connectivity index (χ0v) is 15.1. The van der Waals surface area contributed by atoms with Crippen molar-refractivity contribution in [3.05, 3.63) is 0 Å². The molecule has 1 heterocycles. The standard InChI is InChI=1S/C18H36N2O/c1-7-11-19(12-9-15(3)8-2)17(21)16-10-13-20(14-16)18(4,5)6/h15-16H,7-14H2,1-6H3. The lowest BCUT2D eigenvalue weighted by Gasteiger charge is -2.32. The van der Waals surface area contributed by atoms with Gasteiger partial charge in [-0.3, -0.25) is 9.69 Å². The molecule has 0 saturated carbocycles. The molecule has 1 saturated heterocycles. The molecule has 0 aromatic carbocycles. The Morgan fingerprint density at radius 1 is 1.29 bits per heavy atom. The predicted octanol–water partition coefficient (Wildman–Crippen LogP) is 3.78. The van der Waals surface area contributed by atoms with Gasteiger partial charge in [0.1, 0.15) is 0 Å². The molecule has 1 fully saturated rings. The molecular formula is C18H36N2O. The molecule has 1 aliphatic heterocycles. The Balaban J connectivity index is 2.57. The fourth-order valence-corrected chi connectivity index (χ4v) is 3.01. The van der Waals surface area contributed by atoms with Crippen molar-refractivity contribution in [1.29, 1.82) is 0 Å². The lowest BCUT2D eigenvalue weighted by Crippen LogP contribution is -2.42. The van der Waals surface area contributed by atoms with E-state index in [0.717, 1.165) is 45.4 Å². The summed E-state index contributed by atoms with van der Waals surface area (Å²) in [5.41, 5.74) is 0.182. The van der Waals surface area contributed by atoms with Crippen LogP contribution < -0.4 is 0 Å². The number of amides is 1. The van der Waals surface area contributed by atoms with E-state index in [1.807, 2.05) is 0 Å². The van der Waals surface area contributed by atoms with E-state index in [0.29, 0.717) is 11.8 Å². The SMILES string of the molecule is CCCN(CCC(C)CC)C(=O)C1CCN(C(C)(C)C)C1. The van der Waals surface area contributed by atoms with E-state index in [1.54, 1.807) is 0 Å². The van der Waals surface area contributed by atoms with Crippen LogP contribution in [0, 0.1) is 11.8 Å². The summed E-state index contributed by atoms with van der Waals surface area (Å²) in [6, 6.07) is 0. The molecule has 1 aliphatic rings. The Hall–Kier alpha value is -0.570. The van der Waals surface area contributed by atoms with Crippen LogP contribution in [0.2, 0.25) is 0 Å². The Morgan fingerprint density at radius 2 is 1.95 bits per heavy atom. The second-order valence-electron chi connectivity index (χ2n) is 7.73. The summed E-state index contributed by atoms with van der Waals surface area (Å²) in [5.74, 6) is 1.33. The first-order valence-corrected chi connectivity index (χ1v) is 8.83. The Kier molecular flexibility index (Phi) is 7.19. The second-order valence-corrected chi connectivity index (χ2v) is 7.73. The van der Waals surface area contributed by atoms with Crippen LogP contribution in [-0.4, -0.2) is 47.4 Å². The number of hydrogen-bond donors (Lipinski definition) is 0. The fraction of sp³-hybridized carbons (Fsp3) is 0.944. The van der Waals surface area contributed by atoms with Gasteiger partial charge in [-0.25, -0.2) is 0 Å². The van der Waals surface area contributed by atoms with Crippen LogP contribution in [0.5, 0.6) is 0 Å². The molecular weight excluding hydrogens is 260 g/mol. The molecule has 3 nitrogen and oxygen atoms in total. The van der Waals surface area contributed by atoms with Gasteiger partial charge in [-0.05, 0) is 52.5 Å². The summed E-state index contributed by atoms with van der Waals surface area (Å²) >= 11 is 0. The highest BCUT2D eigenvalue weighted by atomic mass is 16.2. The van der Waals surface area contributed by atoms with Crippen LogP contribution in [0.3, 0.4) is 0 Å². The molecule has 0 bridgehead atoms. The van der Waals surface area contributed by atoms with Crippen LogP contribution in [-0.2, 0) is 4.79 Å². The molecule has 0 spiro atoms. The molecule has 1 rings (SSSR count). The van der Waals surface area contributed by atoms with E-state index in [1.165, 1.54) is 6.42 Å². The topological polar surface area (TPSA) is 23.6 Å². The second kappa shape index (κ2) is 8.17. The highest BCUT2D eigenvalue weighted by Crippen LogP contribution is 2.26. The summed E-state index contributed by atoms with van der Waals surface area (Å²) in [6.07, 6.45) is 4.43. The Bertz CT molecular complexity index is 322. The molecule has 0 aromatic heterocycles. The van der Waals surface area contributed by atoms with Crippen LogP contribution in [0.4, 0.5) is 0 Å². The van der Waals surface area contributed by atoms with Crippen molar-refractivity contribution in [2.45, 2.75) is 72.8 Å². The van der Waals surface area contributed by atoms with Crippen LogP contribution in [0.25, 0.3) is 0 Å². The molecule has 2 atom stereocenters. The first kappa shape index (κ1) is 18.5. The zero-order chi connectivity index (χ0) is 16.0. The van der Waals surface area contributed by atoms with Crippen LogP contribution in [0.15, 0.2) is 0 Å². The zero-order valence-electron chi connectivity index (χ0n) is 15.1. The molecule has 3 heteroatoms. The van der Waals surface area contributed by atoms with E-state index in [4.69, 9.17) is 0 Å².